The summed E-state index contributed by atoms with van der Waals surface area (Å²) in [5.41, 5.74) is 6.05. The summed E-state index contributed by atoms with van der Waals surface area (Å²) in [6, 6.07) is 20.4. The highest BCUT2D eigenvalue weighted by Crippen LogP contribution is 2.26. The van der Waals surface area contributed by atoms with Gasteiger partial charge in [0.25, 0.3) is 5.91 Å². The molecule has 5 nitrogen and oxygen atoms in total. The minimum Gasteiger partial charge on any atom is -0.338 e. The number of fused-ring (bicyclic) bond motifs is 1. The van der Waals surface area contributed by atoms with E-state index >= 15 is 0 Å². The maximum Gasteiger partial charge on any atom is 0.253 e. The molecule has 5 heteroatoms. The molecule has 1 aliphatic rings. The largest absolute Gasteiger partial charge is 0.338 e. The Kier molecular flexibility index (Phi) is 5.48. The van der Waals surface area contributed by atoms with Gasteiger partial charge in [-0.2, -0.15) is 5.10 Å². The van der Waals surface area contributed by atoms with Crippen LogP contribution >= 0.6 is 0 Å². The van der Waals surface area contributed by atoms with Crippen LogP contribution in [0.1, 0.15) is 40.2 Å². The van der Waals surface area contributed by atoms with Crippen molar-refractivity contribution >= 4 is 16.8 Å². The average Bonchev–Trinajstić information content (AvgIpc) is 3.17. The van der Waals surface area contributed by atoms with Crippen molar-refractivity contribution in [2.24, 2.45) is 5.92 Å². The van der Waals surface area contributed by atoms with E-state index in [1.165, 1.54) is 10.9 Å². The fourth-order valence-electron chi connectivity index (χ4n) is 4.92. The zero-order valence-corrected chi connectivity index (χ0v) is 18.7. The van der Waals surface area contributed by atoms with Crippen LogP contribution in [-0.4, -0.2) is 38.7 Å². The number of pyridine rings is 1. The lowest BCUT2D eigenvalue weighted by Gasteiger charge is -2.33. The third kappa shape index (κ3) is 4.03. The molecule has 32 heavy (non-hydrogen) atoms. The summed E-state index contributed by atoms with van der Waals surface area (Å²) in [6.45, 7) is 5.63. The Morgan fingerprint density at radius 2 is 1.94 bits per heavy atom. The van der Waals surface area contributed by atoms with Gasteiger partial charge in [0.05, 0.1) is 16.9 Å². The number of carbonyl (C=O) groups is 1. The number of aromatic nitrogens is 3. The summed E-state index contributed by atoms with van der Waals surface area (Å²) < 4.78 is 1.90. The molecular formula is C27H28N4O. The number of hydrogen-bond acceptors (Lipinski definition) is 3. The molecule has 2 aromatic heterocycles. The van der Waals surface area contributed by atoms with Crippen molar-refractivity contribution in [2.75, 3.05) is 13.1 Å². The second-order valence-electron chi connectivity index (χ2n) is 8.84. The number of aryl methyl sites for hydroxylation is 2. The van der Waals surface area contributed by atoms with Gasteiger partial charge in [-0.3, -0.25) is 9.78 Å². The van der Waals surface area contributed by atoms with Crippen molar-refractivity contribution in [2.45, 2.75) is 33.1 Å². The quantitative estimate of drug-likeness (QED) is 0.456. The van der Waals surface area contributed by atoms with Crippen molar-refractivity contribution < 1.29 is 4.79 Å². The first-order valence-electron chi connectivity index (χ1n) is 11.3. The molecular weight excluding hydrogens is 396 g/mol. The standard InChI is InChI=1S/C27H28N4O/c1-19-15-20(2)31(29-19)24-10-3-9-23(17-24)27(32)30-14-6-7-21(18-30)16-22-8-4-12-26-25(22)11-5-13-28-26/h3-5,8-13,15,17,21H,6-7,14,16,18H2,1-2H3/t21-/m1/s1. The summed E-state index contributed by atoms with van der Waals surface area (Å²) in [6.07, 6.45) is 4.99. The minimum absolute atomic E-state index is 0.109. The molecule has 1 amide bonds. The number of nitrogens with zero attached hydrogens (tertiary/aromatic N) is 4. The predicted octanol–water partition coefficient (Wildman–Crippen LogP) is 5.13. The SMILES string of the molecule is Cc1cc(C)n(-c2cccc(C(=O)N3CCC[C@H](Cc4cccc5ncccc45)C3)c2)n1. The summed E-state index contributed by atoms with van der Waals surface area (Å²) in [7, 11) is 0. The van der Waals surface area contributed by atoms with Gasteiger partial charge in [0.15, 0.2) is 0 Å². The van der Waals surface area contributed by atoms with Gasteiger partial charge in [0.1, 0.15) is 0 Å². The fraction of sp³-hybridized carbons (Fsp3) is 0.296. The van der Waals surface area contributed by atoms with Crippen molar-refractivity contribution in [3.63, 3.8) is 0 Å². The molecule has 0 spiro atoms. The Morgan fingerprint density at radius 1 is 1.06 bits per heavy atom. The predicted molar refractivity (Wildman–Crippen MR) is 127 cm³/mol. The zero-order chi connectivity index (χ0) is 22.1. The van der Waals surface area contributed by atoms with Gasteiger partial charge >= 0.3 is 0 Å². The fourth-order valence-corrected chi connectivity index (χ4v) is 4.92. The molecule has 1 atom stereocenters. The Bertz CT molecular complexity index is 1270. The van der Waals surface area contributed by atoms with E-state index in [1.807, 2.05) is 66.0 Å². The molecule has 5 rings (SSSR count). The van der Waals surface area contributed by atoms with Gasteiger partial charge in [0.2, 0.25) is 0 Å². The maximum atomic E-state index is 13.4. The van der Waals surface area contributed by atoms with Gasteiger partial charge in [-0.05, 0) is 81.0 Å². The lowest BCUT2D eigenvalue weighted by Crippen LogP contribution is -2.40. The first-order chi connectivity index (χ1) is 15.6. The highest BCUT2D eigenvalue weighted by Gasteiger charge is 2.25. The molecule has 0 radical (unpaired) electrons. The van der Waals surface area contributed by atoms with E-state index in [0.29, 0.717) is 5.92 Å². The van der Waals surface area contributed by atoms with Crippen LogP contribution in [0.5, 0.6) is 0 Å². The van der Waals surface area contributed by atoms with Gasteiger partial charge in [-0.1, -0.05) is 24.3 Å². The smallest absolute Gasteiger partial charge is 0.253 e. The number of carbonyl (C=O) groups excluding carboxylic acids is 1. The van der Waals surface area contributed by atoms with E-state index < -0.39 is 0 Å². The maximum absolute atomic E-state index is 13.4. The number of rotatable bonds is 4. The molecule has 1 aliphatic heterocycles. The second kappa shape index (κ2) is 8.58. The monoisotopic (exact) mass is 424 g/mol. The molecule has 2 aromatic carbocycles. The lowest BCUT2D eigenvalue weighted by atomic mass is 9.89. The first-order valence-corrected chi connectivity index (χ1v) is 11.3. The molecule has 1 fully saturated rings. The Morgan fingerprint density at radius 3 is 2.78 bits per heavy atom. The van der Waals surface area contributed by atoms with Crippen LogP contribution < -0.4 is 0 Å². The van der Waals surface area contributed by atoms with E-state index in [-0.39, 0.29) is 5.91 Å². The van der Waals surface area contributed by atoms with Gasteiger partial charge in [0, 0.05) is 35.9 Å². The molecule has 0 unspecified atom stereocenters. The van der Waals surface area contributed by atoms with Crippen LogP contribution in [0.4, 0.5) is 0 Å². The van der Waals surface area contributed by atoms with Crippen LogP contribution in [0.15, 0.2) is 66.9 Å². The van der Waals surface area contributed by atoms with Crippen molar-refractivity contribution in [1.82, 2.24) is 19.7 Å². The number of benzene rings is 2. The Labute approximate surface area is 188 Å². The summed E-state index contributed by atoms with van der Waals surface area (Å²) >= 11 is 0. The molecule has 1 saturated heterocycles. The Balaban J connectivity index is 1.34. The number of hydrogen-bond donors (Lipinski definition) is 0. The number of likely N-dealkylation sites (tertiary alicyclic amines) is 1. The lowest BCUT2D eigenvalue weighted by molar-refractivity contribution is 0.0673. The van der Waals surface area contributed by atoms with E-state index in [2.05, 4.69) is 34.3 Å². The molecule has 0 N–H and O–H groups in total. The van der Waals surface area contributed by atoms with Crippen LogP contribution in [0.25, 0.3) is 16.6 Å². The summed E-state index contributed by atoms with van der Waals surface area (Å²) in [4.78, 5) is 19.9. The van der Waals surface area contributed by atoms with E-state index in [4.69, 9.17) is 0 Å². The topological polar surface area (TPSA) is 51.0 Å². The third-order valence-corrected chi connectivity index (χ3v) is 6.40. The van der Waals surface area contributed by atoms with E-state index in [1.54, 1.807) is 0 Å². The number of amides is 1. The molecule has 0 bridgehead atoms. The van der Waals surface area contributed by atoms with Crippen LogP contribution in [-0.2, 0) is 6.42 Å². The molecule has 0 saturated carbocycles. The van der Waals surface area contributed by atoms with E-state index in [9.17, 15) is 4.79 Å². The second-order valence-corrected chi connectivity index (χ2v) is 8.84. The molecule has 4 aromatic rings. The van der Waals surface area contributed by atoms with Crippen LogP contribution in [0, 0.1) is 19.8 Å². The highest BCUT2D eigenvalue weighted by molar-refractivity contribution is 5.94. The van der Waals surface area contributed by atoms with Crippen molar-refractivity contribution in [3.8, 4) is 5.69 Å². The number of piperidine rings is 1. The molecule has 3 heterocycles. The van der Waals surface area contributed by atoms with E-state index in [0.717, 1.165) is 60.5 Å². The van der Waals surface area contributed by atoms with Gasteiger partial charge in [-0.25, -0.2) is 4.68 Å². The highest BCUT2D eigenvalue weighted by atomic mass is 16.2. The van der Waals surface area contributed by atoms with Crippen LogP contribution in [0.2, 0.25) is 0 Å². The van der Waals surface area contributed by atoms with Crippen molar-refractivity contribution in [3.05, 3.63) is 89.4 Å². The van der Waals surface area contributed by atoms with Gasteiger partial charge < -0.3 is 4.90 Å². The summed E-state index contributed by atoms with van der Waals surface area (Å²) in [5, 5.41) is 5.78. The minimum atomic E-state index is 0.109. The van der Waals surface area contributed by atoms with Gasteiger partial charge in [-0.15, -0.1) is 0 Å². The molecule has 0 aliphatic carbocycles. The third-order valence-electron chi connectivity index (χ3n) is 6.40. The zero-order valence-electron chi connectivity index (χ0n) is 18.7. The average molecular weight is 425 g/mol. The van der Waals surface area contributed by atoms with Crippen LogP contribution in [0.3, 0.4) is 0 Å². The first kappa shape index (κ1) is 20.4. The summed E-state index contributed by atoms with van der Waals surface area (Å²) in [5.74, 6) is 0.565. The van der Waals surface area contributed by atoms with Crippen molar-refractivity contribution in [1.29, 1.82) is 0 Å². The normalized spacial score (nSPS) is 16.4. The Hall–Kier alpha value is -3.47. The molecule has 162 valence electrons.